The van der Waals surface area contributed by atoms with Crippen molar-refractivity contribution >= 4 is 17.6 Å². The molecule has 2 aromatic carbocycles. The number of ether oxygens (including phenoxy) is 1. The Hall–Kier alpha value is -1.84. The first-order chi connectivity index (χ1) is 13.6. The Morgan fingerprint density at radius 2 is 1.75 bits per heavy atom. The van der Waals surface area contributed by atoms with E-state index in [0.29, 0.717) is 5.02 Å². The van der Waals surface area contributed by atoms with Crippen LogP contribution >= 0.6 is 11.6 Å². The minimum atomic E-state index is -1.18. The van der Waals surface area contributed by atoms with E-state index >= 15 is 0 Å². The fourth-order valence-corrected chi connectivity index (χ4v) is 3.66. The zero-order valence-corrected chi connectivity index (χ0v) is 17.6. The van der Waals surface area contributed by atoms with E-state index in [2.05, 4.69) is 6.92 Å². The Morgan fingerprint density at radius 1 is 1.07 bits per heavy atom. The topological polar surface area (TPSA) is 46.5 Å². The molecule has 0 fully saturated rings. The Labute approximate surface area is 173 Å². The van der Waals surface area contributed by atoms with E-state index in [1.165, 1.54) is 0 Å². The lowest BCUT2D eigenvalue weighted by Crippen LogP contribution is -2.44. The zero-order chi connectivity index (χ0) is 20.4. The molecule has 0 amide bonds. The molecule has 0 heterocycles. The first kappa shape index (κ1) is 22.4. The van der Waals surface area contributed by atoms with Crippen LogP contribution in [0, 0.1) is 0 Å². The van der Waals surface area contributed by atoms with Crippen molar-refractivity contribution < 1.29 is 14.6 Å². The Morgan fingerprint density at radius 3 is 2.36 bits per heavy atom. The molecule has 0 radical (unpaired) electrons. The first-order valence-corrected chi connectivity index (χ1v) is 10.6. The summed E-state index contributed by atoms with van der Waals surface area (Å²) < 4.78 is 5.93. The highest BCUT2D eigenvalue weighted by Crippen LogP contribution is 2.33. The fraction of sp³-hybridized carbons (Fsp3) is 0.458. The molecule has 0 saturated heterocycles. The number of carbonyl (C=O) groups excluding carboxylic acids is 1. The van der Waals surface area contributed by atoms with Gasteiger partial charge in [-0.05, 0) is 42.9 Å². The summed E-state index contributed by atoms with van der Waals surface area (Å²) in [4.78, 5) is 13.4. The van der Waals surface area contributed by atoms with Crippen LogP contribution in [-0.4, -0.2) is 23.8 Å². The van der Waals surface area contributed by atoms with E-state index < -0.39 is 5.41 Å². The number of esters is 1. The Bertz CT molecular complexity index is 732. The zero-order valence-electron chi connectivity index (χ0n) is 16.9. The van der Waals surface area contributed by atoms with Crippen molar-refractivity contribution in [3.8, 4) is 0 Å². The molecule has 2 rings (SSSR count). The largest absolute Gasteiger partial charge is 0.462 e. The fourth-order valence-electron chi connectivity index (χ4n) is 3.46. The molecule has 0 spiro atoms. The minimum Gasteiger partial charge on any atom is -0.462 e. The summed E-state index contributed by atoms with van der Waals surface area (Å²) in [6.45, 7) is 3.84. The molecule has 1 N–H and O–H groups in total. The van der Waals surface area contributed by atoms with Crippen molar-refractivity contribution in [3.63, 3.8) is 0 Å². The van der Waals surface area contributed by atoms with Crippen LogP contribution in [0.5, 0.6) is 0 Å². The number of hydrogen-bond acceptors (Lipinski definition) is 3. The first-order valence-electron chi connectivity index (χ1n) is 10.2. The van der Waals surface area contributed by atoms with E-state index in [-0.39, 0.29) is 25.1 Å². The number of hydrogen-bond donors (Lipinski definition) is 1. The Kier molecular flexibility index (Phi) is 9.01. The maximum atomic E-state index is 13.4. The van der Waals surface area contributed by atoms with Gasteiger partial charge in [0, 0.05) is 5.02 Å². The van der Waals surface area contributed by atoms with Crippen LogP contribution in [0.4, 0.5) is 0 Å². The summed E-state index contributed by atoms with van der Waals surface area (Å²) in [6.07, 6.45) is 5.04. The van der Waals surface area contributed by atoms with Crippen molar-refractivity contribution in [2.75, 3.05) is 6.61 Å². The highest BCUT2D eigenvalue weighted by Gasteiger charge is 2.42. The SMILES string of the molecule is CCCCCC(CC)OC(=O)C(CO)(Cc1ccccc1Cl)c1ccccc1. The highest BCUT2D eigenvalue weighted by molar-refractivity contribution is 6.31. The van der Waals surface area contributed by atoms with Gasteiger partial charge in [-0.25, -0.2) is 0 Å². The van der Waals surface area contributed by atoms with Gasteiger partial charge in [0.1, 0.15) is 11.5 Å². The predicted molar refractivity (Wildman–Crippen MR) is 115 cm³/mol. The lowest BCUT2D eigenvalue weighted by molar-refractivity contribution is -0.158. The lowest BCUT2D eigenvalue weighted by atomic mass is 9.76. The summed E-state index contributed by atoms with van der Waals surface area (Å²) >= 11 is 6.36. The van der Waals surface area contributed by atoms with Gasteiger partial charge in [-0.2, -0.15) is 0 Å². The van der Waals surface area contributed by atoms with Crippen molar-refractivity contribution in [3.05, 3.63) is 70.7 Å². The number of aliphatic hydroxyl groups excluding tert-OH is 1. The predicted octanol–water partition coefficient (Wildman–Crippen LogP) is 5.71. The van der Waals surface area contributed by atoms with Gasteiger partial charge in [-0.3, -0.25) is 4.79 Å². The van der Waals surface area contributed by atoms with E-state index in [0.717, 1.165) is 43.2 Å². The lowest BCUT2D eigenvalue weighted by Gasteiger charge is -2.32. The maximum absolute atomic E-state index is 13.4. The van der Waals surface area contributed by atoms with Crippen LogP contribution in [0.3, 0.4) is 0 Å². The third-order valence-electron chi connectivity index (χ3n) is 5.30. The molecule has 2 unspecified atom stereocenters. The number of rotatable bonds is 11. The highest BCUT2D eigenvalue weighted by atomic mass is 35.5. The Balaban J connectivity index is 2.34. The second kappa shape index (κ2) is 11.2. The van der Waals surface area contributed by atoms with Gasteiger partial charge in [0.05, 0.1) is 6.61 Å². The molecule has 0 saturated carbocycles. The molecule has 0 aliphatic rings. The van der Waals surface area contributed by atoms with Crippen molar-refractivity contribution in [2.45, 2.75) is 63.9 Å². The van der Waals surface area contributed by atoms with E-state index in [4.69, 9.17) is 16.3 Å². The number of unbranched alkanes of at least 4 members (excludes halogenated alkanes) is 2. The van der Waals surface area contributed by atoms with Gasteiger partial charge in [0.2, 0.25) is 0 Å². The molecule has 0 bridgehead atoms. The standard InChI is InChI=1S/C24H31ClO3/c1-3-5-7-15-21(4-2)28-23(27)24(18-26,20-13-8-6-9-14-20)17-19-12-10-11-16-22(19)25/h6,8-14,16,21,26H,3-5,7,15,17-18H2,1-2H3. The third kappa shape index (κ3) is 5.59. The molecule has 28 heavy (non-hydrogen) atoms. The molecule has 2 atom stereocenters. The second-order valence-electron chi connectivity index (χ2n) is 7.31. The van der Waals surface area contributed by atoms with Crippen molar-refractivity contribution in [1.29, 1.82) is 0 Å². The van der Waals surface area contributed by atoms with Crippen LogP contribution in [0.1, 0.15) is 57.1 Å². The van der Waals surface area contributed by atoms with E-state index in [1.54, 1.807) is 6.07 Å². The van der Waals surface area contributed by atoms with Crippen LogP contribution in [-0.2, 0) is 21.4 Å². The van der Waals surface area contributed by atoms with Gasteiger partial charge < -0.3 is 9.84 Å². The third-order valence-corrected chi connectivity index (χ3v) is 5.66. The average Bonchev–Trinajstić information content (AvgIpc) is 2.73. The normalized spacial score (nSPS) is 14.3. The van der Waals surface area contributed by atoms with Crippen LogP contribution in [0.15, 0.2) is 54.6 Å². The molecule has 3 nitrogen and oxygen atoms in total. The van der Waals surface area contributed by atoms with Crippen LogP contribution < -0.4 is 0 Å². The van der Waals surface area contributed by atoms with Gasteiger partial charge in [-0.15, -0.1) is 0 Å². The molecule has 0 aromatic heterocycles. The van der Waals surface area contributed by atoms with Crippen molar-refractivity contribution in [1.82, 2.24) is 0 Å². The molecule has 0 aliphatic heterocycles. The molecule has 2 aromatic rings. The maximum Gasteiger partial charge on any atom is 0.319 e. The summed E-state index contributed by atoms with van der Waals surface area (Å²) in [7, 11) is 0. The quantitative estimate of drug-likeness (QED) is 0.386. The number of halogens is 1. The van der Waals surface area contributed by atoms with Gasteiger partial charge in [0.25, 0.3) is 0 Å². The number of benzene rings is 2. The monoisotopic (exact) mass is 402 g/mol. The molecular formula is C24H31ClO3. The van der Waals surface area contributed by atoms with Crippen LogP contribution in [0.2, 0.25) is 5.02 Å². The van der Waals surface area contributed by atoms with Crippen LogP contribution in [0.25, 0.3) is 0 Å². The smallest absolute Gasteiger partial charge is 0.319 e. The van der Waals surface area contributed by atoms with Gasteiger partial charge in [0.15, 0.2) is 0 Å². The molecule has 152 valence electrons. The summed E-state index contributed by atoms with van der Waals surface area (Å²) in [5.74, 6) is -0.385. The molecule has 0 aliphatic carbocycles. The van der Waals surface area contributed by atoms with Crippen molar-refractivity contribution in [2.24, 2.45) is 0 Å². The second-order valence-corrected chi connectivity index (χ2v) is 7.71. The average molecular weight is 403 g/mol. The molecule has 4 heteroatoms. The van der Waals surface area contributed by atoms with Gasteiger partial charge in [-0.1, -0.05) is 86.8 Å². The number of carbonyl (C=O) groups is 1. The van der Waals surface area contributed by atoms with E-state index in [1.807, 2.05) is 55.5 Å². The summed E-state index contributed by atoms with van der Waals surface area (Å²) in [5.41, 5.74) is 0.383. The summed E-state index contributed by atoms with van der Waals surface area (Å²) in [5, 5.41) is 11.0. The number of aliphatic hydroxyl groups is 1. The van der Waals surface area contributed by atoms with Gasteiger partial charge >= 0.3 is 5.97 Å². The molecular weight excluding hydrogens is 372 g/mol. The summed E-state index contributed by atoms with van der Waals surface area (Å²) in [6, 6.07) is 16.8. The minimum absolute atomic E-state index is 0.139. The van der Waals surface area contributed by atoms with E-state index in [9.17, 15) is 9.90 Å².